The molecule has 2 aromatic carbocycles. The molecule has 2 heterocycles. The number of fused-ring (bicyclic) bond motifs is 2. The van der Waals surface area contributed by atoms with Gasteiger partial charge in [0.05, 0.1) is 19.9 Å². The van der Waals surface area contributed by atoms with E-state index >= 15 is 0 Å². The lowest BCUT2D eigenvalue weighted by molar-refractivity contribution is 0.354. The van der Waals surface area contributed by atoms with Crippen LogP contribution in [-0.2, 0) is 19.4 Å². The summed E-state index contributed by atoms with van der Waals surface area (Å²) in [6.45, 7) is 0.598. The number of aromatic nitrogens is 3. The summed E-state index contributed by atoms with van der Waals surface area (Å²) < 4.78 is 26.4. The molecule has 4 aromatic rings. The number of anilines is 1. The molecule has 1 aliphatic carbocycles. The van der Waals surface area contributed by atoms with Crippen molar-refractivity contribution in [3.8, 4) is 22.8 Å². The number of nitrogens with one attached hydrogen (secondary N) is 1. The fourth-order valence-electron chi connectivity index (χ4n) is 4.30. The third-order valence-corrected chi connectivity index (χ3v) is 5.90. The van der Waals surface area contributed by atoms with Gasteiger partial charge in [-0.05, 0) is 55.5 Å². The number of rotatable bonds is 6. The molecule has 1 N–H and O–H groups in total. The summed E-state index contributed by atoms with van der Waals surface area (Å²) in [5.41, 5.74) is 5.59. The van der Waals surface area contributed by atoms with Crippen molar-refractivity contribution in [2.75, 3.05) is 19.5 Å². The topological polar surface area (TPSA) is 60.7 Å². The molecular formula is C25H25FN4O2. The molecule has 0 saturated heterocycles. The molecule has 0 unspecified atom stereocenters. The van der Waals surface area contributed by atoms with Gasteiger partial charge in [0, 0.05) is 29.4 Å². The maximum atomic E-state index is 13.8. The highest BCUT2D eigenvalue weighted by Gasteiger charge is 2.20. The summed E-state index contributed by atoms with van der Waals surface area (Å²) >= 11 is 0. The first kappa shape index (κ1) is 20.3. The van der Waals surface area contributed by atoms with Gasteiger partial charge in [-0.3, -0.25) is 0 Å². The minimum absolute atomic E-state index is 0.279. The maximum absolute atomic E-state index is 13.8. The Balaban J connectivity index is 1.55. The van der Waals surface area contributed by atoms with Crippen LogP contribution in [-0.4, -0.2) is 28.8 Å². The van der Waals surface area contributed by atoms with Crippen LogP contribution in [0.4, 0.5) is 10.2 Å². The molecule has 5 rings (SSSR count). The number of aryl methyl sites for hydroxylation is 1. The summed E-state index contributed by atoms with van der Waals surface area (Å²) in [6.07, 6.45) is 4.18. The predicted molar refractivity (Wildman–Crippen MR) is 122 cm³/mol. The molecule has 0 atom stereocenters. The van der Waals surface area contributed by atoms with Crippen molar-refractivity contribution in [3.05, 3.63) is 71.2 Å². The van der Waals surface area contributed by atoms with Gasteiger partial charge >= 0.3 is 0 Å². The normalized spacial score (nSPS) is 13.1. The zero-order valence-electron chi connectivity index (χ0n) is 18.2. The molecule has 0 amide bonds. The summed E-state index contributed by atoms with van der Waals surface area (Å²) in [4.78, 5) is 4.88. The van der Waals surface area contributed by atoms with Crippen LogP contribution in [0.2, 0.25) is 0 Å². The van der Waals surface area contributed by atoms with Crippen molar-refractivity contribution in [2.45, 2.75) is 32.2 Å². The first-order valence-corrected chi connectivity index (χ1v) is 10.8. The average Bonchev–Trinajstić information content (AvgIpc) is 3.25. The van der Waals surface area contributed by atoms with Crippen LogP contribution in [0.15, 0.2) is 48.5 Å². The molecule has 0 saturated carbocycles. The highest BCUT2D eigenvalue weighted by atomic mass is 19.1. The van der Waals surface area contributed by atoms with Gasteiger partial charge in [0.15, 0.2) is 17.1 Å². The molecule has 164 valence electrons. The van der Waals surface area contributed by atoms with Crippen molar-refractivity contribution >= 4 is 11.5 Å². The molecule has 0 fully saturated rings. The van der Waals surface area contributed by atoms with E-state index in [0.717, 1.165) is 54.0 Å². The van der Waals surface area contributed by atoms with Gasteiger partial charge in [0.25, 0.3) is 0 Å². The summed E-state index contributed by atoms with van der Waals surface area (Å²) in [5, 5.41) is 8.37. The fraction of sp³-hybridized carbons (Fsp3) is 0.280. The van der Waals surface area contributed by atoms with E-state index in [9.17, 15) is 4.39 Å². The number of hydrogen-bond acceptors (Lipinski definition) is 5. The van der Waals surface area contributed by atoms with Crippen LogP contribution in [0.5, 0.6) is 11.5 Å². The van der Waals surface area contributed by atoms with Gasteiger partial charge in [0.1, 0.15) is 11.6 Å². The molecule has 2 aromatic heterocycles. The van der Waals surface area contributed by atoms with Crippen molar-refractivity contribution in [1.29, 1.82) is 0 Å². The number of halogens is 1. The molecule has 0 spiro atoms. The van der Waals surface area contributed by atoms with Crippen molar-refractivity contribution in [2.24, 2.45) is 0 Å². The number of hydrogen-bond donors (Lipinski definition) is 1. The summed E-state index contributed by atoms with van der Waals surface area (Å²) in [7, 11) is 3.26. The van der Waals surface area contributed by atoms with E-state index in [0.29, 0.717) is 23.7 Å². The number of nitrogens with zero attached hydrogens (tertiary/aromatic N) is 3. The molecule has 7 heteroatoms. The third-order valence-electron chi connectivity index (χ3n) is 5.90. The molecule has 0 bridgehead atoms. The molecular weight excluding hydrogens is 407 g/mol. The van der Waals surface area contributed by atoms with Crippen molar-refractivity contribution in [1.82, 2.24) is 14.6 Å². The predicted octanol–water partition coefficient (Wildman–Crippen LogP) is 5.04. The Kier molecular flexibility index (Phi) is 5.39. The zero-order chi connectivity index (χ0) is 22.1. The molecule has 32 heavy (non-hydrogen) atoms. The number of ether oxygens (including phenoxy) is 2. The van der Waals surface area contributed by atoms with Crippen molar-refractivity contribution in [3.63, 3.8) is 0 Å². The Labute approximate surface area is 186 Å². The lowest BCUT2D eigenvalue weighted by Crippen LogP contribution is -2.15. The van der Waals surface area contributed by atoms with Gasteiger partial charge in [-0.25, -0.2) is 9.37 Å². The van der Waals surface area contributed by atoms with Crippen LogP contribution >= 0.6 is 0 Å². The van der Waals surface area contributed by atoms with Crippen LogP contribution in [0, 0.1) is 5.82 Å². The largest absolute Gasteiger partial charge is 0.493 e. The minimum Gasteiger partial charge on any atom is -0.493 e. The van der Waals surface area contributed by atoms with Crippen LogP contribution in [0.25, 0.3) is 16.9 Å². The van der Waals surface area contributed by atoms with Crippen LogP contribution in [0.3, 0.4) is 0 Å². The Hall–Kier alpha value is -3.61. The number of benzene rings is 2. The monoisotopic (exact) mass is 432 g/mol. The quantitative estimate of drug-likeness (QED) is 0.462. The summed E-state index contributed by atoms with van der Waals surface area (Å²) in [5.74, 6) is 2.06. The second-order valence-corrected chi connectivity index (χ2v) is 7.95. The fourth-order valence-corrected chi connectivity index (χ4v) is 4.30. The van der Waals surface area contributed by atoms with E-state index in [2.05, 4.69) is 5.32 Å². The van der Waals surface area contributed by atoms with Crippen LogP contribution in [0.1, 0.15) is 29.7 Å². The first-order valence-electron chi connectivity index (χ1n) is 10.8. The summed E-state index contributed by atoms with van der Waals surface area (Å²) in [6, 6.07) is 14.3. The SMILES string of the molecule is COc1ccc(CNc2c3c(nc4cc(-c5cccc(F)c5)nn24)CCCC3)cc1OC. The van der Waals surface area contributed by atoms with E-state index in [1.807, 2.05) is 34.8 Å². The van der Waals surface area contributed by atoms with Gasteiger partial charge in [-0.15, -0.1) is 0 Å². The van der Waals surface area contributed by atoms with Gasteiger partial charge in [-0.1, -0.05) is 18.2 Å². The molecule has 0 radical (unpaired) electrons. The molecule has 1 aliphatic rings. The standard InChI is InChI=1S/C25H25FN4O2/c1-31-22-11-10-16(12-23(22)32-2)15-27-25-19-8-3-4-9-20(19)28-24-14-21(29-30(24)25)17-6-5-7-18(26)13-17/h5-7,10-14,27H,3-4,8-9,15H2,1-2H3. The Morgan fingerprint density at radius 1 is 1.00 bits per heavy atom. The van der Waals surface area contributed by atoms with Gasteiger partial charge in [-0.2, -0.15) is 9.61 Å². The van der Waals surface area contributed by atoms with E-state index in [-0.39, 0.29) is 5.82 Å². The lowest BCUT2D eigenvalue weighted by Gasteiger charge is -2.20. The highest BCUT2D eigenvalue weighted by Crippen LogP contribution is 2.31. The van der Waals surface area contributed by atoms with E-state index in [4.69, 9.17) is 19.6 Å². The van der Waals surface area contributed by atoms with E-state index in [1.54, 1.807) is 20.3 Å². The minimum atomic E-state index is -0.279. The van der Waals surface area contributed by atoms with E-state index < -0.39 is 0 Å². The third kappa shape index (κ3) is 3.75. The molecule has 6 nitrogen and oxygen atoms in total. The lowest BCUT2D eigenvalue weighted by atomic mass is 9.96. The molecule has 0 aliphatic heterocycles. The second kappa shape index (κ2) is 8.49. The average molecular weight is 432 g/mol. The maximum Gasteiger partial charge on any atom is 0.161 e. The first-order chi connectivity index (χ1) is 15.7. The highest BCUT2D eigenvalue weighted by molar-refractivity contribution is 5.67. The zero-order valence-corrected chi connectivity index (χ0v) is 18.2. The van der Waals surface area contributed by atoms with Crippen molar-refractivity contribution < 1.29 is 13.9 Å². The Bertz CT molecular complexity index is 1280. The Morgan fingerprint density at radius 3 is 2.66 bits per heavy atom. The smallest absolute Gasteiger partial charge is 0.161 e. The second-order valence-electron chi connectivity index (χ2n) is 7.95. The number of methoxy groups -OCH3 is 2. The van der Waals surface area contributed by atoms with Gasteiger partial charge < -0.3 is 14.8 Å². The van der Waals surface area contributed by atoms with E-state index in [1.165, 1.54) is 17.7 Å². The van der Waals surface area contributed by atoms with Gasteiger partial charge in [0.2, 0.25) is 0 Å². The Morgan fingerprint density at radius 2 is 1.84 bits per heavy atom. The van der Waals surface area contributed by atoms with Crippen LogP contribution < -0.4 is 14.8 Å².